The van der Waals surface area contributed by atoms with Crippen LogP contribution >= 0.6 is 38.9 Å². The van der Waals surface area contributed by atoms with Crippen LogP contribution in [0, 0.1) is 0 Å². The molecule has 0 fully saturated rings. The van der Waals surface area contributed by atoms with Gasteiger partial charge in [-0.2, -0.15) is 5.10 Å². The molecule has 3 rings (SSSR count). The maximum atomic E-state index is 12.6. The normalized spacial score (nSPS) is 11.3. The Morgan fingerprint density at radius 3 is 2.88 bits per heavy atom. The van der Waals surface area contributed by atoms with Gasteiger partial charge in [-0.05, 0) is 53.2 Å². The standard InChI is InChI=1S/C17H13BrClN3O2S/c1-2-22-9-13(16(23)12-7-10(19)3-5-14(12)22)17(24)21-20-8-11-4-6-15(18)25-11/h3-9H,2H2,1H3,(H,21,24)/b20-8+. The molecule has 0 spiro atoms. The molecule has 0 bridgehead atoms. The summed E-state index contributed by atoms with van der Waals surface area (Å²) in [5.41, 5.74) is 2.80. The molecule has 2 aromatic heterocycles. The highest BCUT2D eigenvalue weighted by Gasteiger charge is 2.15. The van der Waals surface area contributed by atoms with Gasteiger partial charge in [-0.15, -0.1) is 11.3 Å². The van der Waals surface area contributed by atoms with Gasteiger partial charge in [0.05, 0.1) is 15.5 Å². The zero-order valence-corrected chi connectivity index (χ0v) is 16.3. The van der Waals surface area contributed by atoms with Crippen LogP contribution in [0.15, 0.2) is 50.2 Å². The number of aromatic nitrogens is 1. The van der Waals surface area contributed by atoms with Gasteiger partial charge in [-0.1, -0.05) is 11.6 Å². The molecular formula is C17H13BrClN3O2S. The summed E-state index contributed by atoms with van der Waals surface area (Å²) in [4.78, 5) is 25.9. The predicted octanol–water partition coefficient (Wildman–Crippen LogP) is 4.26. The van der Waals surface area contributed by atoms with Gasteiger partial charge in [0.1, 0.15) is 5.56 Å². The van der Waals surface area contributed by atoms with Crippen LogP contribution in [0.25, 0.3) is 10.9 Å². The van der Waals surface area contributed by atoms with E-state index in [9.17, 15) is 9.59 Å². The van der Waals surface area contributed by atoms with Crippen LogP contribution in [0.5, 0.6) is 0 Å². The Balaban J connectivity index is 1.94. The van der Waals surface area contributed by atoms with E-state index in [0.29, 0.717) is 17.0 Å². The smallest absolute Gasteiger partial charge is 0.276 e. The molecule has 1 aromatic carbocycles. The molecule has 5 nitrogen and oxygen atoms in total. The second kappa shape index (κ2) is 7.51. The van der Waals surface area contributed by atoms with Crippen molar-refractivity contribution in [3.05, 3.63) is 66.0 Å². The second-order valence-corrected chi connectivity index (χ2v) is 8.09. The molecule has 0 aliphatic rings. The Morgan fingerprint density at radius 2 is 2.20 bits per heavy atom. The number of hydrogen-bond acceptors (Lipinski definition) is 4. The molecule has 25 heavy (non-hydrogen) atoms. The summed E-state index contributed by atoms with van der Waals surface area (Å²) in [5, 5.41) is 4.78. The molecule has 0 radical (unpaired) electrons. The first-order valence-electron chi connectivity index (χ1n) is 7.41. The van der Waals surface area contributed by atoms with Gasteiger partial charge in [0, 0.05) is 28.0 Å². The van der Waals surface area contributed by atoms with Crippen molar-refractivity contribution in [3.63, 3.8) is 0 Å². The molecule has 0 saturated heterocycles. The zero-order chi connectivity index (χ0) is 18.0. The quantitative estimate of drug-likeness (QED) is 0.488. The monoisotopic (exact) mass is 437 g/mol. The molecule has 128 valence electrons. The van der Waals surface area contributed by atoms with Crippen LogP contribution in [-0.4, -0.2) is 16.7 Å². The van der Waals surface area contributed by atoms with Crippen LogP contribution in [0.4, 0.5) is 0 Å². The third kappa shape index (κ3) is 3.84. The fourth-order valence-corrected chi connectivity index (χ4v) is 3.87. The number of thiophene rings is 1. The number of halogens is 2. The summed E-state index contributed by atoms with van der Waals surface area (Å²) in [6.45, 7) is 2.55. The van der Waals surface area contributed by atoms with Crippen LogP contribution < -0.4 is 10.9 Å². The highest BCUT2D eigenvalue weighted by molar-refractivity contribution is 9.11. The van der Waals surface area contributed by atoms with Crippen LogP contribution in [-0.2, 0) is 6.54 Å². The molecule has 0 saturated carbocycles. The molecule has 0 aliphatic carbocycles. The Labute approximate surface area is 161 Å². The Morgan fingerprint density at radius 1 is 1.40 bits per heavy atom. The number of hydrazone groups is 1. The minimum absolute atomic E-state index is 0.0288. The van der Waals surface area contributed by atoms with E-state index in [1.807, 2.05) is 23.6 Å². The summed E-state index contributed by atoms with van der Waals surface area (Å²) in [5.74, 6) is -0.555. The number of carbonyl (C=O) groups is 1. The fourth-order valence-electron chi connectivity index (χ4n) is 2.41. The molecule has 2 heterocycles. The lowest BCUT2D eigenvalue weighted by molar-refractivity contribution is 0.0953. The molecule has 1 N–H and O–H groups in total. The molecule has 8 heteroatoms. The molecule has 3 aromatic rings. The topological polar surface area (TPSA) is 63.5 Å². The minimum Gasteiger partial charge on any atom is -0.347 e. The molecule has 0 aliphatic heterocycles. The number of hydrogen-bond donors (Lipinski definition) is 1. The van der Waals surface area contributed by atoms with Crippen molar-refractivity contribution < 1.29 is 4.79 Å². The Bertz CT molecular complexity index is 1040. The van der Waals surface area contributed by atoms with Gasteiger partial charge >= 0.3 is 0 Å². The lowest BCUT2D eigenvalue weighted by atomic mass is 10.1. The minimum atomic E-state index is -0.555. The Hall–Kier alpha value is -1.96. The van der Waals surface area contributed by atoms with Gasteiger partial charge in [-0.25, -0.2) is 5.43 Å². The summed E-state index contributed by atoms with van der Waals surface area (Å²) >= 11 is 10.8. The first-order valence-corrected chi connectivity index (χ1v) is 9.39. The number of fused-ring (bicyclic) bond motifs is 1. The van der Waals surface area contributed by atoms with E-state index in [0.717, 1.165) is 14.2 Å². The SMILES string of the molecule is CCn1cc(C(=O)N/N=C/c2ccc(Br)s2)c(=O)c2cc(Cl)ccc21. The zero-order valence-electron chi connectivity index (χ0n) is 13.1. The first kappa shape index (κ1) is 17.8. The van der Waals surface area contributed by atoms with Crippen molar-refractivity contribution in [3.8, 4) is 0 Å². The number of nitrogens with zero attached hydrogens (tertiary/aromatic N) is 2. The van der Waals surface area contributed by atoms with Gasteiger partial charge in [0.15, 0.2) is 0 Å². The largest absolute Gasteiger partial charge is 0.347 e. The van der Waals surface area contributed by atoms with E-state index in [1.165, 1.54) is 17.6 Å². The maximum absolute atomic E-state index is 12.6. The summed E-state index contributed by atoms with van der Waals surface area (Å²) in [6.07, 6.45) is 3.08. The number of carbonyl (C=O) groups excluding carboxylic acids is 1. The van der Waals surface area contributed by atoms with Crippen LogP contribution in [0.1, 0.15) is 22.2 Å². The molecule has 0 unspecified atom stereocenters. The van der Waals surface area contributed by atoms with Crippen molar-refractivity contribution in [1.82, 2.24) is 9.99 Å². The number of nitrogens with one attached hydrogen (secondary N) is 1. The number of aryl methyl sites for hydroxylation is 1. The lowest BCUT2D eigenvalue weighted by Crippen LogP contribution is -2.26. The van der Waals surface area contributed by atoms with E-state index in [-0.39, 0.29) is 11.0 Å². The Kier molecular flexibility index (Phi) is 5.36. The maximum Gasteiger partial charge on any atom is 0.276 e. The van der Waals surface area contributed by atoms with Gasteiger partial charge in [0.25, 0.3) is 5.91 Å². The predicted molar refractivity (Wildman–Crippen MR) is 106 cm³/mol. The van der Waals surface area contributed by atoms with E-state index >= 15 is 0 Å². The highest BCUT2D eigenvalue weighted by Crippen LogP contribution is 2.20. The summed E-state index contributed by atoms with van der Waals surface area (Å²) < 4.78 is 2.81. The van der Waals surface area contributed by atoms with Crippen molar-refractivity contribution in [2.75, 3.05) is 0 Å². The summed E-state index contributed by atoms with van der Waals surface area (Å²) in [7, 11) is 0. The van der Waals surface area contributed by atoms with Crippen LogP contribution in [0.3, 0.4) is 0 Å². The summed E-state index contributed by atoms with van der Waals surface area (Å²) in [6, 6.07) is 8.83. The van der Waals surface area contributed by atoms with Gasteiger partial charge in [0.2, 0.25) is 5.43 Å². The molecule has 0 atom stereocenters. The lowest BCUT2D eigenvalue weighted by Gasteiger charge is -2.11. The molecule has 1 amide bonds. The van der Waals surface area contributed by atoms with Gasteiger partial charge < -0.3 is 4.57 Å². The average molecular weight is 439 g/mol. The van der Waals surface area contributed by atoms with Crippen molar-refractivity contribution in [2.24, 2.45) is 5.10 Å². The van der Waals surface area contributed by atoms with Crippen LogP contribution in [0.2, 0.25) is 5.02 Å². The van der Waals surface area contributed by atoms with Gasteiger partial charge in [-0.3, -0.25) is 9.59 Å². The fraction of sp³-hybridized carbons (Fsp3) is 0.118. The average Bonchev–Trinajstić information content (AvgIpc) is 3.00. The van der Waals surface area contributed by atoms with E-state index in [4.69, 9.17) is 11.6 Å². The number of benzene rings is 1. The van der Waals surface area contributed by atoms with E-state index in [1.54, 1.807) is 24.4 Å². The third-order valence-electron chi connectivity index (χ3n) is 3.58. The van der Waals surface area contributed by atoms with Crippen molar-refractivity contribution in [2.45, 2.75) is 13.5 Å². The first-order chi connectivity index (χ1) is 12.0. The number of rotatable bonds is 4. The second-order valence-electron chi connectivity index (χ2n) is 5.16. The third-order valence-corrected chi connectivity index (χ3v) is 5.37. The van der Waals surface area contributed by atoms with E-state index < -0.39 is 5.91 Å². The van der Waals surface area contributed by atoms with Crippen molar-refractivity contribution in [1.29, 1.82) is 0 Å². The number of amides is 1. The van der Waals surface area contributed by atoms with Crippen molar-refractivity contribution >= 4 is 61.9 Å². The van der Waals surface area contributed by atoms with E-state index in [2.05, 4.69) is 26.5 Å². The number of pyridine rings is 1. The molecular weight excluding hydrogens is 426 g/mol. The highest BCUT2D eigenvalue weighted by atomic mass is 79.9.